The van der Waals surface area contributed by atoms with Gasteiger partial charge in [0.1, 0.15) is 0 Å². The van der Waals surface area contributed by atoms with Crippen molar-refractivity contribution in [2.75, 3.05) is 6.61 Å². The van der Waals surface area contributed by atoms with Crippen LogP contribution >= 0.6 is 7.26 Å². The maximum absolute atomic E-state index is 6.92. The van der Waals surface area contributed by atoms with Crippen molar-refractivity contribution in [3.8, 4) is 0 Å². The Kier molecular flexibility index (Phi) is 9.31. The molecular formula is C40H35OPSe+2. The van der Waals surface area contributed by atoms with E-state index in [9.17, 15) is 0 Å². The van der Waals surface area contributed by atoms with Gasteiger partial charge in [0.25, 0.3) is 0 Å². The van der Waals surface area contributed by atoms with Gasteiger partial charge in [-0.15, -0.1) is 0 Å². The quantitative estimate of drug-likeness (QED) is 0.0872. The zero-order chi connectivity index (χ0) is 29.3. The van der Waals surface area contributed by atoms with Gasteiger partial charge in [0, 0.05) is 0 Å². The second kappa shape index (κ2) is 13.9. The van der Waals surface area contributed by atoms with Crippen LogP contribution in [0.2, 0.25) is 0 Å². The zero-order valence-corrected chi connectivity index (χ0v) is 26.9. The van der Waals surface area contributed by atoms with Crippen LogP contribution in [0, 0.1) is 0 Å². The number of hydrogen-bond acceptors (Lipinski definition) is 1. The third kappa shape index (κ3) is 5.88. The summed E-state index contributed by atoms with van der Waals surface area (Å²) in [6.07, 6.45) is 0. The predicted molar refractivity (Wildman–Crippen MR) is 188 cm³/mol. The molecule has 6 aromatic carbocycles. The standard InChI is InChI=1S/C40H35OPSe/c1-2-41-39(33-21-9-3-10-22-33)40(43(37-29-17-7-18-30-37)38-31-19-8-20-32-38)42(34-23-11-4-12-24-34,35-25-13-5-14-26-35)36-27-15-6-16-28-36/h3-32H,2H2,1H3/q+2/b40-39-. The van der Waals surface area contributed by atoms with Crippen LogP contribution in [0.3, 0.4) is 0 Å². The molecule has 0 aliphatic heterocycles. The Morgan fingerprint density at radius 3 is 1.14 bits per heavy atom. The number of ether oxygens (including phenoxy) is 1. The van der Waals surface area contributed by atoms with E-state index in [1.807, 2.05) is 0 Å². The van der Waals surface area contributed by atoms with E-state index in [0.29, 0.717) is 6.61 Å². The van der Waals surface area contributed by atoms with E-state index in [2.05, 4.69) is 189 Å². The van der Waals surface area contributed by atoms with E-state index in [-0.39, 0.29) is 0 Å². The number of benzene rings is 6. The van der Waals surface area contributed by atoms with E-state index in [0.717, 1.165) is 11.3 Å². The van der Waals surface area contributed by atoms with Crippen molar-refractivity contribution in [1.29, 1.82) is 0 Å². The van der Waals surface area contributed by atoms with Gasteiger partial charge in [-0.1, -0.05) is 0 Å². The molecule has 1 nitrogen and oxygen atoms in total. The molecule has 0 atom stereocenters. The van der Waals surface area contributed by atoms with Crippen molar-refractivity contribution in [3.63, 3.8) is 0 Å². The van der Waals surface area contributed by atoms with Gasteiger partial charge in [0.2, 0.25) is 0 Å². The molecule has 0 N–H and O–H groups in total. The maximum atomic E-state index is 6.92. The molecule has 210 valence electrons. The molecule has 0 spiro atoms. The van der Waals surface area contributed by atoms with Crippen LogP contribution in [0.4, 0.5) is 0 Å². The Labute approximate surface area is 260 Å². The third-order valence-electron chi connectivity index (χ3n) is 7.41. The van der Waals surface area contributed by atoms with Crippen LogP contribution in [0.5, 0.6) is 0 Å². The molecule has 0 bridgehead atoms. The molecule has 0 aliphatic carbocycles. The van der Waals surface area contributed by atoms with E-state index < -0.39 is 21.2 Å². The Morgan fingerprint density at radius 2 is 0.791 bits per heavy atom. The zero-order valence-electron chi connectivity index (χ0n) is 24.3. The summed E-state index contributed by atoms with van der Waals surface area (Å²) in [5.74, 6) is 1.01. The molecule has 0 saturated heterocycles. The fourth-order valence-corrected chi connectivity index (χ4v) is 18.7. The first kappa shape index (κ1) is 28.9. The summed E-state index contributed by atoms with van der Waals surface area (Å²) >= 11 is -1.95. The summed E-state index contributed by atoms with van der Waals surface area (Å²) < 4.78 is 11.1. The first-order valence-electron chi connectivity index (χ1n) is 14.7. The van der Waals surface area contributed by atoms with Crippen LogP contribution in [0.15, 0.2) is 186 Å². The Morgan fingerprint density at radius 1 is 0.465 bits per heavy atom. The van der Waals surface area contributed by atoms with Gasteiger partial charge in [-0.25, -0.2) is 0 Å². The molecule has 6 rings (SSSR count). The van der Waals surface area contributed by atoms with E-state index >= 15 is 0 Å². The fourth-order valence-electron chi connectivity index (χ4n) is 5.61. The van der Waals surface area contributed by atoms with Crippen LogP contribution in [-0.4, -0.2) is 20.5 Å². The molecule has 43 heavy (non-hydrogen) atoms. The van der Waals surface area contributed by atoms with E-state index in [4.69, 9.17) is 4.74 Å². The van der Waals surface area contributed by atoms with Crippen molar-refractivity contribution in [2.45, 2.75) is 6.92 Å². The molecule has 0 aromatic heterocycles. The molecular weight excluding hydrogens is 606 g/mol. The first-order chi connectivity index (χ1) is 21.3. The van der Waals surface area contributed by atoms with Gasteiger partial charge in [-0.3, -0.25) is 0 Å². The summed E-state index contributed by atoms with van der Waals surface area (Å²) in [6.45, 7) is 2.68. The predicted octanol–water partition coefficient (Wildman–Crippen LogP) is 7.23. The van der Waals surface area contributed by atoms with E-state index in [1.54, 1.807) is 0 Å². The van der Waals surface area contributed by atoms with Crippen LogP contribution in [0.1, 0.15) is 12.5 Å². The molecule has 3 heteroatoms. The number of rotatable bonds is 10. The molecule has 0 fully saturated rings. The van der Waals surface area contributed by atoms with Crippen LogP contribution < -0.4 is 24.8 Å². The van der Waals surface area contributed by atoms with Crippen molar-refractivity contribution < 1.29 is 4.74 Å². The normalized spacial score (nSPS) is 12.0. The molecule has 6 aromatic rings. The molecule has 0 amide bonds. The fraction of sp³-hybridized carbons (Fsp3) is 0.0500. The van der Waals surface area contributed by atoms with Gasteiger partial charge < -0.3 is 0 Å². The van der Waals surface area contributed by atoms with Crippen molar-refractivity contribution in [2.24, 2.45) is 0 Å². The average Bonchev–Trinajstić information content (AvgIpc) is 3.10. The molecule has 0 unspecified atom stereocenters. The molecule has 0 aliphatic rings. The second-order valence-electron chi connectivity index (χ2n) is 10.0. The summed E-state index contributed by atoms with van der Waals surface area (Å²) in [6, 6.07) is 66.5. The topological polar surface area (TPSA) is 9.23 Å². The Bertz CT molecular complexity index is 1600. The van der Waals surface area contributed by atoms with Gasteiger partial charge >= 0.3 is 262 Å². The van der Waals surface area contributed by atoms with Crippen molar-refractivity contribution in [1.82, 2.24) is 0 Å². The second-order valence-corrected chi connectivity index (χ2v) is 18.2. The summed E-state index contributed by atoms with van der Waals surface area (Å²) in [5, 5.41) is 3.99. The Balaban J connectivity index is 1.88. The Hall–Kier alpha value is -4.19. The van der Waals surface area contributed by atoms with E-state index in [1.165, 1.54) is 29.0 Å². The number of hydrogen-bond donors (Lipinski definition) is 0. The van der Waals surface area contributed by atoms with Gasteiger partial charge in [-0.2, -0.15) is 0 Å². The summed E-state index contributed by atoms with van der Waals surface area (Å²) in [5.41, 5.74) is 1.12. The van der Waals surface area contributed by atoms with Crippen LogP contribution in [-0.2, 0) is 4.74 Å². The van der Waals surface area contributed by atoms with Gasteiger partial charge in [0.05, 0.1) is 0 Å². The van der Waals surface area contributed by atoms with Gasteiger partial charge in [-0.05, 0) is 0 Å². The first-order valence-corrected chi connectivity index (χ1v) is 19.0. The summed E-state index contributed by atoms with van der Waals surface area (Å²) in [7, 11) is -2.49. The molecule has 0 radical (unpaired) electrons. The summed E-state index contributed by atoms with van der Waals surface area (Å²) in [4.78, 5) is 0. The van der Waals surface area contributed by atoms with Crippen molar-refractivity contribution in [3.05, 3.63) is 192 Å². The SMILES string of the molecule is CCO/C(=C(\[Se+](c1ccccc1)c1ccccc1)[P+](c1ccccc1)(c1ccccc1)c1ccccc1)c1ccccc1. The monoisotopic (exact) mass is 642 g/mol. The third-order valence-corrected chi connectivity index (χ3v) is 18.4. The molecule has 0 heterocycles. The van der Waals surface area contributed by atoms with Crippen LogP contribution in [0.25, 0.3) is 5.76 Å². The van der Waals surface area contributed by atoms with Gasteiger partial charge in [0.15, 0.2) is 0 Å². The minimum absolute atomic E-state index is 0.578. The molecule has 0 saturated carbocycles. The average molecular weight is 642 g/mol. The van der Waals surface area contributed by atoms with Crippen molar-refractivity contribution >= 4 is 51.8 Å². The minimum atomic E-state index is -2.49.